The predicted molar refractivity (Wildman–Crippen MR) is 82.7 cm³/mol. The highest BCUT2D eigenvalue weighted by molar-refractivity contribution is 14.1. The third kappa shape index (κ3) is 2.91. The number of ether oxygens (including phenoxy) is 2. The van der Waals surface area contributed by atoms with E-state index in [4.69, 9.17) is 9.47 Å². The molecule has 1 aromatic carbocycles. The van der Waals surface area contributed by atoms with Gasteiger partial charge in [-0.2, -0.15) is 0 Å². The second kappa shape index (κ2) is 6.31. The van der Waals surface area contributed by atoms with E-state index in [1.165, 1.54) is 11.1 Å². The number of hydrogen-bond acceptors (Lipinski definition) is 3. The van der Waals surface area contributed by atoms with Crippen LogP contribution in [-0.2, 0) is 6.42 Å². The van der Waals surface area contributed by atoms with Crippen LogP contribution in [0.1, 0.15) is 11.1 Å². The summed E-state index contributed by atoms with van der Waals surface area (Å²) in [7, 11) is 3.35. The third-order valence-corrected chi connectivity index (χ3v) is 3.63. The van der Waals surface area contributed by atoms with Crippen LogP contribution in [0.5, 0.6) is 11.5 Å². The van der Waals surface area contributed by atoms with E-state index in [0.29, 0.717) is 0 Å². The van der Waals surface area contributed by atoms with Gasteiger partial charge < -0.3 is 14.4 Å². The number of halogens is 1. The fourth-order valence-corrected chi connectivity index (χ4v) is 2.75. The zero-order chi connectivity index (χ0) is 13.0. The minimum Gasteiger partial charge on any atom is -0.493 e. The molecular formula is C14H18INO2. The lowest BCUT2D eigenvalue weighted by atomic mass is 10.0. The minimum atomic E-state index is 0.795. The van der Waals surface area contributed by atoms with Gasteiger partial charge in [-0.3, -0.25) is 0 Å². The van der Waals surface area contributed by atoms with Gasteiger partial charge in [0.1, 0.15) is 0 Å². The molecule has 0 saturated heterocycles. The maximum Gasteiger partial charge on any atom is 0.161 e. The highest BCUT2D eigenvalue weighted by atomic mass is 127. The number of nitrogens with zero attached hydrogens (tertiary/aromatic N) is 1. The van der Waals surface area contributed by atoms with Gasteiger partial charge in [0.05, 0.1) is 14.2 Å². The summed E-state index contributed by atoms with van der Waals surface area (Å²) in [6.07, 6.45) is 5.38. The van der Waals surface area contributed by atoms with Crippen molar-refractivity contribution in [3.63, 3.8) is 0 Å². The summed E-state index contributed by atoms with van der Waals surface area (Å²) in [5.74, 6) is 1.61. The molecule has 0 N–H and O–H groups in total. The van der Waals surface area contributed by atoms with Crippen LogP contribution >= 0.6 is 22.6 Å². The number of fused-ring (bicyclic) bond motifs is 1. The molecule has 1 aliphatic rings. The fourth-order valence-electron chi connectivity index (χ4n) is 2.13. The van der Waals surface area contributed by atoms with E-state index in [1.807, 2.05) is 0 Å². The maximum absolute atomic E-state index is 5.35. The first-order chi connectivity index (χ1) is 8.78. The lowest BCUT2D eigenvalue weighted by Gasteiger charge is -2.17. The molecule has 0 atom stereocenters. The largest absolute Gasteiger partial charge is 0.493 e. The summed E-state index contributed by atoms with van der Waals surface area (Å²) >= 11 is 2.41. The summed E-state index contributed by atoms with van der Waals surface area (Å²) in [5, 5.41) is 0. The van der Waals surface area contributed by atoms with Crippen LogP contribution in [0.3, 0.4) is 0 Å². The van der Waals surface area contributed by atoms with Crippen LogP contribution in [0, 0.1) is 0 Å². The Morgan fingerprint density at radius 3 is 2.61 bits per heavy atom. The number of hydrogen-bond donors (Lipinski definition) is 0. The van der Waals surface area contributed by atoms with Gasteiger partial charge >= 0.3 is 0 Å². The van der Waals surface area contributed by atoms with Crippen LogP contribution < -0.4 is 9.47 Å². The topological polar surface area (TPSA) is 21.7 Å². The molecule has 0 aromatic heterocycles. The Kier molecular flexibility index (Phi) is 4.74. The van der Waals surface area contributed by atoms with E-state index in [1.54, 1.807) is 14.2 Å². The van der Waals surface area contributed by atoms with Crippen molar-refractivity contribution in [3.8, 4) is 11.5 Å². The molecule has 0 bridgehead atoms. The Morgan fingerprint density at radius 2 is 1.94 bits per heavy atom. The summed E-state index contributed by atoms with van der Waals surface area (Å²) in [6, 6.07) is 4.14. The van der Waals surface area contributed by atoms with Crippen molar-refractivity contribution < 1.29 is 9.47 Å². The SMILES string of the molecule is COc1cc2c(cc1OC)CCN(CCI)C=C2. The lowest BCUT2D eigenvalue weighted by molar-refractivity contribution is 0.354. The first-order valence-electron chi connectivity index (χ1n) is 6.01. The number of alkyl halides is 1. The van der Waals surface area contributed by atoms with Crippen LogP contribution in [0.4, 0.5) is 0 Å². The predicted octanol–water partition coefficient (Wildman–Crippen LogP) is 2.97. The van der Waals surface area contributed by atoms with Gasteiger partial charge in [0.25, 0.3) is 0 Å². The molecule has 18 heavy (non-hydrogen) atoms. The Bertz CT molecular complexity index is 446. The van der Waals surface area contributed by atoms with Gasteiger partial charge in [0.15, 0.2) is 11.5 Å². The third-order valence-electron chi connectivity index (χ3n) is 3.15. The average molecular weight is 359 g/mol. The van der Waals surface area contributed by atoms with Crippen LogP contribution in [0.25, 0.3) is 6.08 Å². The van der Waals surface area contributed by atoms with Gasteiger partial charge in [0.2, 0.25) is 0 Å². The Morgan fingerprint density at radius 1 is 1.22 bits per heavy atom. The van der Waals surface area contributed by atoms with Gasteiger partial charge in [-0.05, 0) is 42.0 Å². The molecule has 4 heteroatoms. The molecule has 1 aliphatic heterocycles. The highest BCUT2D eigenvalue weighted by Gasteiger charge is 2.13. The molecule has 0 spiro atoms. The molecule has 0 radical (unpaired) electrons. The summed E-state index contributed by atoms with van der Waals surface area (Å²) in [5.41, 5.74) is 2.54. The van der Waals surface area contributed by atoms with Gasteiger partial charge in [-0.1, -0.05) is 22.6 Å². The molecule has 0 unspecified atom stereocenters. The molecule has 0 saturated carbocycles. The van der Waals surface area contributed by atoms with Crippen molar-refractivity contribution in [3.05, 3.63) is 29.5 Å². The van der Waals surface area contributed by atoms with E-state index in [-0.39, 0.29) is 0 Å². The molecule has 0 fully saturated rings. The standard InChI is InChI=1S/C14H18INO2/c1-17-13-9-11-3-6-16(8-5-15)7-4-12(11)10-14(13)18-2/h3,6,9-10H,4-5,7-8H2,1-2H3. The highest BCUT2D eigenvalue weighted by Crippen LogP contribution is 2.32. The van der Waals surface area contributed by atoms with E-state index in [9.17, 15) is 0 Å². The monoisotopic (exact) mass is 359 g/mol. The number of rotatable bonds is 4. The van der Waals surface area contributed by atoms with Crippen LogP contribution in [-0.4, -0.2) is 36.6 Å². The van der Waals surface area contributed by atoms with Gasteiger partial charge in [-0.25, -0.2) is 0 Å². The molecule has 0 amide bonds. The number of benzene rings is 1. The van der Waals surface area contributed by atoms with Crippen molar-refractivity contribution >= 4 is 28.7 Å². The Labute approximate surface area is 122 Å². The van der Waals surface area contributed by atoms with E-state index in [2.05, 4.69) is 51.9 Å². The zero-order valence-corrected chi connectivity index (χ0v) is 12.9. The Balaban J connectivity index is 2.30. The second-order valence-corrected chi connectivity index (χ2v) is 5.28. The van der Waals surface area contributed by atoms with Crippen molar-refractivity contribution in [1.82, 2.24) is 4.90 Å². The van der Waals surface area contributed by atoms with E-state index >= 15 is 0 Å². The maximum atomic E-state index is 5.35. The Hall–Kier alpha value is -0.910. The molecule has 98 valence electrons. The summed E-state index contributed by atoms with van der Waals surface area (Å²) < 4.78 is 11.8. The zero-order valence-electron chi connectivity index (χ0n) is 10.8. The molecule has 1 aromatic rings. The molecule has 0 aliphatic carbocycles. The number of methoxy groups -OCH3 is 2. The van der Waals surface area contributed by atoms with Crippen molar-refractivity contribution in [2.24, 2.45) is 0 Å². The summed E-state index contributed by atoms with van der Waals surface area (Å²) in [6.45, 7) is 2.15. The second-order valence-electron chi connectivity index (χ2n) is 4.20. The van der Waals surface area contributed by atoms with Crippen molar-refractivity contribution in [2.45, 2.75) is 6.42 Å². The summed E-state index contributed by atoms with van der Waals surface area (Å²) in [4.78, 5) is 2.35. The molecule has 3 nitrogen and oxygen atoms in total. The molecule has 1 heterocycles. The minimum absolute atomic E-state index is 0.795. The quantitative estimate of drug-likeness (QED) is 0.610. The van der Waals surface area contributed by atoms with Crippen LogP contribution in [0.2, 0.25) is 0 Å². The molecular weight excluding hydrogens is 341 g/mol. The first kappa shape index (κ1) is 13.5. The van der Waals surface area contributed by atoms with E-state index in [0.717, 1.165) is 35.4 Å². The van der Waals surface area contributed by atoms with E-state index < -0.39 is 0 Å². The van der Waals surface area contributed by atoms with Crippen LogP contribution in [0.15, 0.2) is 18.3 Å². The van der Waals surface area contributed by atoms with Crippen molar-refractivity contribution in [2.75, 3.05) is 31.7 Å². The molecule has 2 rings (SSSR count). The lowest BCUT2D eigenvalue weighted by Crippen LogP contribution is -2.21. The average Bonchev–Trinajstić information content (AvgIpc) is 2.60. The normalized spacial score (nSPS) is 14.1. The smallest absolute Gasteiger partial charge is 0.161 e. The van der Waals surface area contributed by atoms with Crippen molar-refractivity contribution in [1.29, 1.82) is 0 Å². The van der Waals surface area contributed by atoms with Gasteiger partial charge in [0, 0.05) is 17.5 Å². The fraction of sp³-hybridized carbons (Fsp3) is 0.429. The first-order valence-corrected chi connectivity index (χ1v) is 7.54. The van der Waals surface area contributed by atoms with Gasteiger partial charge in [-0.15, -0.1) is 0 Å².